The molecule has 6 nitrogen and oxygen atoms in total. The van der Waals surface area contributed by atoms with Crippen molar-refractivity contribution in [3.05, 3.63) is 65.0 Å². The first-order valence-electron chi connectivity index (χ1n) is 10.8. The van der Waals surface area contributed by atoms with E-state index >= 15 is 0 Å². The molecule has 1 saturated carbocycles. The van der Waals surface area contributed by atoms with Gasteiger partial charge in [-0.05, 0) is 60.6 Å². The van der Waals surface area contributed by atoms with Crippen LogP contribution in [-0.4, -0.2) is 45.6 Å². The molecule has 1 saturated heterocycles. The molecule has 5 rings (SSSR count). The van der Waals surface area contributed by atoms with Gasteiger partial charge in [-0.1, -0.05) is 19.3 Å². The molecule has 154 valence electrons. The lowest BCUT2D eigenvalue weighted by Crippen LogP contribution is -2.44. The van der Waals surface area contributed by atoms with Gasteiger partial charge in [-0.25, -0.2) is 0 Å². The zero-order valence-corrected chi connectivity index (χ0v) is 16.9. The van der Waals surface area contributed by atoms with Gasteiger partial charge in [0, 0.05) is 31.0 Å². The summed E-state index contributed by atoms with van der Waals surface area (Å²) >= 11 is 0. The topological polar surface area (TPSA) is 70.6 Å². The molecule has 1 aliphatic carbocycles. The Morgan fingerprint density at radius 1 is 0.933 bits per heavy atom. The predicted octanol–water partition coefficient (Wildman–Crippen LogP) is 3.53. The molecular formula is C24H25N3O3. The van der Waals surface area contributed by atoms with Gasteiger partial charge in [0.1, 0.15) is 0 Å². The van der Waals surface area contributed by atoms with Crippen molar-refractivity contribution < 1.29 is 14.4 Å². The van der Waals surface area contributed by atoms with Gasteiger partial charge >= 0.3 is 0 Å². The standard InChI is InChI=1S/C24H25N3O3/c28-22(26-12-9-17-3-1-2-4-19(17)15-26)18-5-6-20-21(13-18)24(30)27(23(20)29)14-16-7-10-25-11-8-16/h5-8,10-11,13,17,19H,1-4,9,12,14-15H2/t17-,19-/m1/s1. The van der Waals surface area contributed by atoms with E-state index in [0.29, 0.717) is 22.6 Å². The minimum absolute atomic E-state index is 0.0327. The van der Waals surface area contributed by atoms with Crippen LogP contribution in [0.15, 0.2) is 42.7 Å². The molecule has 2 fully saturated rings. The molecule has 1 aromatic heterocycles. The fourth-order valence-electron chi connectivity index (χ4n) is 5.21. The number of nitrogens with zero attached hydrogens (tertiary/aromatic N) is 3. The Morgan fingerprint density at radius 3 is 2.47 bits per heavy atom. The number of benzene rings is 1. The first-order chi connectivity index (χ1) is 14.6. The summed E-state index contributed by atoms with van der Waals surface area (Å²) < 4.78 is 0. The SMILES string of the molecule is O=C(c1ccc2c(c1)C(=O)N(Cc1ccncc1)C2=O)N1CC[C@H]2CCCC[C@@H]2C1. The monoisotopic (exact) mass is 403 g/mol. The smallest absolute Gasteiger partial charge is 0.261 e. The van der Waals surface area contributed by atoms with Crippen molar-refractivity contribution in [2.75, 3.05) is 13.1 Å². The van der Waals surface area contributed by atoms with Gasteiger partial charge in [0.25, 0.3) is 17.7 Å². The van der Waals surface area contributed by atoms with Crippen LogP contribution in [0.3, 0.4) is 0 Å². The number of carbonyl (C=O) groups is 3. The van der Waals surface area contributed by atoms with Gasteiger partial charge in [-0.2, -0.15) is 0 Å². The number of hydrogen-bond donors (Lipinski definition) is 0. The lowest BCUT2D eigenvalue weighted by Gasteiger charge is -2.41. The zero-order chi connectivity index (χ0) is 20.7. The van der Waals surface area contributed by atoms with Crippen molar-refractivity contribution in [3.8, 4) is 0 Å². The van der Waals surface area contributed by atoms with Crippen LogP contribution in [0.25, 0.3) is 0 Å². The maximum Gasteiger partial charge on any atom is 0.261 e. The Kier molecular flexibility index (Phi) is 4.85. The second-order valence-corrected chi connectivity index (χ2v) is 8.66. The summed E-state index contributed by atoms with van der Waals surface area (Å²) in [7, 11) is 0. The second kappa shape index (κ2) is 7.67. The average molecular weight is 403 g/mol. The highest BCUT2D eigenvalue weighted by molar-refractivity contribution is 6.22. The van der Waals surface area contributed by atoms with Gasteiger partial charge in [-0.15, -0.1) is 0 Å². The molecule has 30 heavy (non-hydrogen) atoms. The number of likely N-dealkylation sites (tertiary alicyclic amines) is 1. The molecule has 3 aliphatic rings. The maximum atomic E-state index is 13.1. The average Bonchev–Trinajstić information content (AvgIpc) is 3.03. The molecule has 6 heteroatoms. The van der Waals surface area contributed by atoms with E-state index in [0.717, 1.165) is 31.0 Å². The third kappa shape index (κ3) is 3.30. The van der Waals surface area contributed by atoms with Crippen molar-refractivity contribution in [2.45, 2.75) is 38.6 Å². The number of fused-ring (bicyclic) bond motifs is 2. The molecule has 2 aromatic rings. The number of hydrogen-bond acceptors (Lipinski definition) is 4. The van der Waals surface area contributed by atoms with Crippen molar-refractivity contribution >= 4 is 17.7 Å². The van der Waals surface area contributed by atoms with Crippen LogP contribution in [0.5, 0.6) is 0 Å². The molecule has 3 amide bonds. The van der Waals surface area contributed by atoms with Gasteiger partial charge in [0.05, 0.1) is 17.7 Å². The van der Waals surface area contributed by atoms with Crippen molar-refractivity contribution in [2.24, 2.45) is 11.8 Å². The minimum atomic E-state index is -0.340. The summed E-state index contributed by atoms with van der Waals surface area (Å²) in [5.74, 6) is 0.671. The van der Waals surface area contributed by atoms with E-state index < -0.39 is 0 Å². The van der Waals surface area contributed by atoms with Crippen LogP contribution in [0.2, 0.25) is 0 Å². The predicted molar refractivity (Wildman–Crippen MR) is 111 cm³/mol. The number of piperidine rings is 1. The molecule has 0 N–H and O–H groups in total. The molecule has 0 unspecified atom stereocenters. The first kappa shape index (κ1) is 19.0. The quantitative estimate of drug-likeness (QED) is 0.735. The Labute approximate surface area is 175 Å². The van der Waals surface area contributed by atoms with Crippen molar-refractivity contribution in [3.63, 3.8) is 0 Å². The third-order valence-electron chi connectivity index (χ3n) is 6.89. The van der Waals surface area contributed by atoms with Crippen LogP contribution in [-0.2, 0) is 6.54 Å². The van der Waals surface area contributed by atoms with E-state index in [2.05, 4.69) is 4.98 Å². The Hall–Kier alpha value is -3.02. The minimum Gasteiger partial charge on any atom is -0.338 e. The fourth-order valence-corrected chi connectivity index (χ4v) is 5.21. The van der Waals surface area contributed by atoms with Crippen LogP contribution < -0.4 is 0 Å². The Morgan fingerprint density at radius 2 is 1.67 bits per heavy atom. The largest absolute Gasteiger partial charge is 0.338 e. The maximum absolute atomic E-state index is 13.1. The zero-order valence-electron chi connectivity index (χ0n) is 16.9. The number of pyridine rings is 1. The molecule has 2 atom stereocenters. The van der Waals surface area contributed by atoms with E-state index in [1.165, 1.54) is 30.6 Å². The van der Waals surface area contributed by atoms with Gasteiger partial charge in [0.2, 0.25) is 0 Å². The summed E-state index contributed by atoms with van der Waals surface area (Å²) in [6.45, 7) is 1.78. The number of amides is 3. The lowest BCUT2D eigenvalue weighted by molar-refractivity contribution is 0.0520. The molecule has 0 bridgehead atoms. The molecule has 0 spiro atoms. The fraction of sp³-hybridized carbons (Fsp3) is 0.417. The van der Waals surface area contributed by atoms with E-state index in [4.69, 9.17) is 0 Å². The van der Waals surface area contributed by atoms with E-state index in [1.807, 2.05) is 4.90 Å². The normalized spacial score (nSPS) is 23.3. The molecule has 1 aromatic carbocycles. The van der Waals surface area contributed by atoms with Crippen molar-refractivity contribution in [1.29, 1.82) is 0 Å². The summed E-state index contributed by atoms with van der Waals surface area (Å²) in [5, 5.41) is 0. The molecule has 3 heterocycles. The third-order valence-corrected chi connectivity index (χ3v) is 6.89. The highest BCUT2D eigenvalue weighted by Gasteiger charge is 2.37. The van der Waals surface area contributed by atoms with Crippen LogP contribution in [0.1, 0.15) is 68.7 Å². The number of carbonyl (C=O) groups excluding carboxylic acids is 3. The highest BCUT2D eigenvalue weighted by Crippen LogP contribution is 2.36. The molecule has 0 radical (unpaired) electrons. The van der Waals surface area contributed by atoms with Gasteiger partial charge in [-0.3, -0.25) is 24.3 Å². The summed E-state index contributed by atoms with van der Waals surface area (Å²) in [5.41, 5.74) is 2.03. The summed E-state index contributed by atoms with van der Waals surface area (Å²) in [4.78, 5) is 45.9. The van der Waals surface area contributed by atoms with Crippen molar-refractivity contribution in [1.82, 2.24) is 14.8 Å². The van der Waals surface area contributed by atoms with Gasteiger partial charge < -0.3 is 4.90 Å². The first-order valence-corrected chi connectivity index (χ1v) is 10.8. The molecular weight excluding hydrogens is 378 g/mol. The summed E-state index contributed by atoms with van der Waals surface area (Å²) in [6, 6.07) is 8.50. The number of rotatable bonds is 3. The second-order valence-electron chi connectivity index (χ2n) is 8.66. The Bertz CT molecular complexity index is 1000. The number of aromatic nitrogens is 1. The highest BCUT2D eigenvalue weighted by atomic mass is 16.2. The van der Waals surface area contributed by atoms with E-state index in [9.17, 15) is 14.4 Å². The van der Waals surface area contributed by atoms with E-state index in [1.54, 1.807) is 42.7 Å². The Balaban J connectivity index is 1.34. The van der Waals surface area contributed by atoms with Crippen LogP contribution in [0, 0.1) is 11.8 Å². The lowest BCUT2D eigenvalue weighted by atomic mass is 9.75. The van der Waals surface area contributed by atoms with Crippen LogP contribution >= 0.6 is 0 Å². The molecule has 2 aliphatic heterocycles. The summed E-state index contributed by atoms with van der Waals surface area (Å²) in [6.07, 6.45) is 9.40. The number of imide groups is 1. The van der Waals surface area contributed by atoms with Gasteiger partial charge in [0.15, 0.2) is 0 Å². The van der Waals surface area contributed by atoms with Crippen LogP contribution in [0.4, 0.5) is 0 Å². The van der Waals surface area contributed by atoms with E-state index in [-0.39, 0.29) is 24.3 Å².